The van der Waals surface area contributed by atoms with Crippen LogP contribution in [0.2, 0.25) is 15.1 Å². The summed E-state index contributed by atoms with van der Waals surface area (Å²) < 4.78 is 1.62. The third kappa shape index (κ3) is 5.09. The van der Waals surface area contributed by atoms with E-state index in [2.05, 4.69) is 10.4 Å². The third-order valence-electron chi connectivity index (χ3n) is 6.31. The second-order valence-electron chi connectivity index (χ2n) is 8.59. The maximum Gasteiger partial charge on any atom is 0.272 e. The standard InChI is InChI=1S/C25H25Cl3N4O2/c1-14-21(25(34)30-22(24(29)33)15-5-3-2-4-6-15)31-32(20-12-11-18(27)13-19(20)28)23(14)16-7-9-17(26)10-8-16/h7-13,15,22H,2-6H2,1H3,(H2,29,33)(H,30,34). The van der Waals surface area contributed by atoms with Gasteiger partial charge in [0.15, 0.2) is 5.69 Å². The van der Waals surface area contributed by atoms with Crippen molar-refractivity contribution in [1.29, 1.82) is 0 Å². The number of hydrogen-bond donors (Lipinski definition) is 2. The molecule has 1 saturated carbocycles. The van der Waals surface area contributed by atoms with E-state index >= 15 is 0 Å². The maximum atomic E-state index is 13.4. The van der Waals surface area contributed by atoms with Gasteiger partial charge in [-0.2, -0.15) is 5.10 Å². The first-order chi connectivity index (χ1) is 16.3. The van der Waals surface area contributed by atoms with Gasteiger partial charge >= 0.3 is 0 Å². The lowest BCUT2D eigenvalue weighted by Gasteiger charge is -2.28. The predicted octanol–water partition coefficient (Wildman–Crippen LogP) is 5.97. The summed E-state index contributed by atoms with van der Waals surface area (Å²) in [5.74, 6) is -0.957. The van der Waals surface area contributed by atoms with E-state index in [-0.39, 0.29) is 11.6 Å². The molecule has 0 aliphatic heterocycles. The Labute approximate surface area is 213 Å². The molecule has 0 bridgehead atoms. The van der Waals surface area contributed by atoms with Crippen LogP contribution in [0.4, 0.5) is 0 Å². The van der Waals surface area contributed by atoms with Gasteiger partial charge in [0.25, 0.3) is 5.91 Å². The number of benzene rings is 2. The first-order valence-corrected chi connectivity index (χ1v) is 12.3. The Hall–Kier alpha value is -2.54. The summed E-state index contributed by atoms with van der Waals surface area (Å²) in [6.45, 7) is 1.81. The molecule has 6 nitrogen and oxygen atoms in total. The molecule has 1 fully saturated rings. The minimum absolute atomic E-state index is 0.0269. The monoisotopic (exact) mass is 518 g/mol. The van der Waals surface area contributed by atoms with E-state index in [0.29, 0.717) is 32.0 Å². The lowest BCUT2D eigenvalue weighted by atomic mass is 9.83. The zero-order chi connectivity index (χ0) is 24.4. The van der Waals surface area contributed by atoms with Crippen molar-refractivity contribution in [2.24, 2.45) is 11.7 Å². The van der Waals surface area contributed by atoms with Crippen LogP contribution < -0.4 is 11.1 Å². The van der Waals surface area contributed by atoms with Crippen molar-refractivity contribution in [2.45, 2.75) is 45.1 Å². The normalized spacial score (nSPS) is 15.2. The third-order valence-corrected chi connectivity index (χ3v) is 7.10. The van der Waals surface area contributed by atoms with E-state index in [0.717, 1.165) is 37.7 Å². The average molecular weight is 520 g/mol. The number of hydrogen-bond acceptors (Lipinski definition) is 3. The van der Waals surface area contributed by atoms with Gasteiger partial charge in [0.05, 0.1) is 16.4 Å². The Bertz CT molecular complexity index is 1220. The molecule has 0 radical (unpaired) electrons. The Morgan fingerprint density at radius 1 is 1.03 bits per heavy atom. The first kappa shape index (κ1) is 24.6. The molecule has 34 heavy (non-hydrogen) atoms. The highest BCUT2D eigenvalue weighted by Gasteiger charge is 2.32. The number of rotatable bonds is 6. The molecule has 3 aromatic rings. The summed E-state index contributed by atoms with van der Waals surface area (Å²) in [5.41, 5.74) is 8.56. The summed E-state index contributed by atoms with van der Waals surface area (Å²) in [6, 6.07) is 11.6. The summed E-state index contributed by atoms with van der Waals surface area (Å²) in [5, 5.41) is 8.93. The fourth-order valence-electron chi connectivity index (χ4n) is 4.58. The van der Waals surface area contributed by atoms with Gasteiger partial charge in [0.1, 0.15) is 6.04 Å². The van der Waals surface area contributed by atoms with Crippen molar-refractivity contribution >= 4 is 46.6 Å². The van der Waals surface area contributed by atoms with Gasteiger partial charge in [-0.05, 0) is 56.0 Å². The minimum Gasteiger partial charge on any atom is -0.368 e. The second-order valence-corrected chi connectivity index (χ2v) is 9.87. The highest BCUT2D eigenvalue weighted by atomic mass is 35.5. The molecule has 1 unspecified atom stereocenters. The molecule has 9 heteroatoms. The highest BCUT2D eigenvalue weighted by Crippen LogP contribution is 2.33. The van der Waals surface area contributed by atoms with Gasteiger partial charge < -0.3 is 11.1 Å². The van der Waals surface area contributed by atoms with E-state index < -0.39 is 17.9 Å². The first-order valence-electron chi connectivity index (χ1n) is 11.2. The molecule has 4 rings (SSSR count). The molecule has 0 spiro atoms. The second kappa shape index (κ2) is 10.4. The molecule has 2 aromatic carbocycles. The number of aromatic nitrogens is 2. The van der Waals surface area contributed by atoms with Crippen LogP contribution in [0.1, 0.15) is 48.2 Å². The van der Waals surface area contributed by atoms with Crippen LogP contribution in [0.25, 0.3) is 16.9 Å². The molecule has 2 amide bonds. The number of nitrogens with two attached hydrogens (primary N) is 1. The van der Waals surface area contributed by atoms with E-state index in [1.165, 1.54) is 0 Å². The number of halogens is 3. The Kier molecular flexibility index (Phi) is 7.51. The van der Waals surface area contributed by atoms with Crippen molar-refractivity contribution in [3.05, 3.63) is 68.8 Å². The lowest BCUT2D eigenvalue weighted by molar-refractivity contribution is -0.121. The molecule has 1 heterocycles. The summed E-state index contributed by atoms with van der Waals surface area (Å²) in [7, 11) is 0. The SMILES string of the molecule is Cc1c(C(=O)NC(C(N)=O)C2CCCCC2)nn(-c2ccc(Cl)cc2Cl)c1-c1ccc(Cl)cc1. The van der Waals surface area contributed by atoms with E-state index in [4.69, 9.17) is 40.5 Å². The van der Waals surface area contributed by atoms with Crippen molar-refractivity contribution in [1.82, 2.24) is 15.1 Å². The van der Waals surface area contributed by atoms with Crippen LogP contribution in [0.3, 0.4) is 0 Å². The van der Waals surface area contributed by atoms with Gasteiger partial charge in [0.2, 0.25) is 5.91 Å². The predicted molar refractivity (Wildman–Crippen MR) is 136 cm³/mol. The Morgan fingerprint density at radius 3 is 2.29 bits per heavy atom. The van der Waals surface area contributed by atoms with Gasteiger partial charge in [-0.25, -0.2) is 4.68 Å². The van der Waals surface area contributed by atoms with Crippen molar-refractivity contribution in [3.8, 4) is 16.9 Å². The molecule has 1 aliphatic rings. The number of primary amides is 1. The maximum absolute atomic E-state index is 13.4. The quantitative estimate of drug-likeness (QED) is 0.420. The van der Waals surface area contributed by atoms with Gasteiger partial charge in [-0.3, -0.25) is 9.59 Å². The van der Waals surface area contributed by atoms with E-state index in [1.54, 1.807) is 35.0 Å². The Balaban J connectivity index is 1.77. The average Bonchev–Trinajstić information content (AvgIpc) is 3.15. The fraction of sp³-hybridized carbons (Fsp3) is 0.320. The van der Waals surface area contributed by atoms with Gasteiger partial charge in [-0.1, -0.05) is 66.2 Å². The van der Waals surface area contributed by atoms with Crippen LogP contribution in [0, 0.1) is 12.8 Å². The summed E-state index contributed by atoms with van der Waals surface area (Å²) in [6.07, 6.45) is 4.89. The molecule has 1 aliphatic carbocycles. The van der Waals surface area contributed by atoms with Crippen molar-refractivity contribution in [2.75, 3.05) is 0 Å². The van der Waals surface area contributed by atoms with Gasteiger partial charge in [0, 0.05) is 21.2 Å². The summed E-state index contributed by atoms with van der Waals surface area (Å²) in [4.78, 5) is 25.6. The van der Waals surface area contributed by atoms with Crippen molar-refractivity contribution in [3.63, 3.8) is 0 Å². The molecule has 1 atom stereocenters. The Morgan fingerprint density at radius 2 is 1.68 bits per heavy atom. The summed E-state index contributed by atoms with van der Waals surface area (Å²) >= 11 is 18.7. The molecular formula is C25H25Cl3N4O2. The minimum atomic E-state index is -0.740. The number of carbonyl (C=O) groups is 2. The molecular weight excluding hydrogens is 495 g/mol. The van der Waals surface area contributed by atoms with Crippen LogP contribution in [-0.2, 0) is 4.79 Å². The number of nitrogens with one attached hydrogen (secondary N) is 1. The van der Waals surface area contributed by atoms with Crippen LogP contribution in [0.15, 0.2) is 42.5 Å². The molecule has 178 valence electrons. The van der Waals surface area contributed by atoms with Crippen molar-refractivity contribution < 1.29 is 9.59 Å². The zero-order valence-corrected chi connectivity index (χ0v) is 20.9. The zero-order valence-electron chi connectivity index (χ0n) is 18.7. The molecule has 1 aromatic heterocycles. The largest absolute Gasteiger partial charge is 0.368 e. The van der Waals surface area contributed by atoms with Gasteiger partial charge in [-0.15, -0.1) is 0 Å². The van der Waals surface area contributed by atoms with Crippen LogP contribution in [0.5, 0.6) is 0 Å². The number of nitrogens with zero attached hydrogens (tertiary/aromatic N) is 2. The smallest absolute Gasteiger partial charge is 0.272 e. The van der Waals surface area contributed by atoms with E-state index in [1.807, 2.05) is 19.1 Å². The molecule has 3 N–H and O–H groups in total. The number of amides is 2. The topological polar surface area (TPSA) is 90.0 Å². The van der Waals surface area contributed by atoms with E-state index in [9.17, 15) is 9.59 Å². The van der Waals surface area contributed by atoms with Crippen LogP contribution in [-0.4, -0.2) is 27.6 Å². The number of carbonyl (C=O) groups excluding carboxylic acids is 2. The van der Waals surface area contributed by atoms with Crippen LogP contribution >= 0.6 is 34.8 Å². The highest BCUT2D eigenvalue weighted by molar-refractivity contribution is 6.35. The molecule has 0 saturated heterocycles. The fourth-order valence-corrected chi connectivity index (χ4v) is 5.20. The lowest BCUT2D eigenvalue weighted by Crippen LogP contribution is -2.49.